The van der Waals surface area contributed by atoms with Crippen LogP contribution in [0, 0.1) is 0 Å². The van der Waals surface area contributed by atoms with E-state index in [0.29, 0.717) is 25.5 Å². The van der Waals surface area contributed by atoms with Gasteiger partial charge >= 0.3 is 0 Å². The van der Waals surface area contributed by atoms with Crippen molar-refractivity contribution < 1.29 is 9.53 Å². The molecule has 1 aliphatic heterocycles. The fraction of sp³-hybridized carbons (Fsp3) is 0.500. The molecule has 122 valence electrons. The second kappa shape index (κ2) is 6.29. The van der Waals surface area contributed by atoms with Crippen molar-refractivity contribution in [1.29, 1.82) is 0 Å². The lowest BCUT2D eigenvalue weighted by Gasteiger charge is -2.31. The van der Waals surface area contributed by atoms with Crippen molar-refractivity contribution in [2.45, 2.75) is 19.4 Å². The number of rotatable bonds is 3. The number of aryl methyl sites for hydroxylation is 2. The van der Waals surface area contributed by atoms with Crippen molar-refractivity contribution in [1.82, 2.24) is 29.9 Å². The molecule has 9 nitrogen and oxygen atoms in total. The van der Waals surface area contributed by atoms with Crippen LogP contribution in [-0.2, 0) is 18.2 Å². The lowest BCUT2D eigenvalue weighted by molar-refractivity contribution is -0.0269. The Labute approximate surface area is 132 Å². The summed E-state index contributed by atoms with van der Waals surface area (Å²) in [7, 11) is 1.52. The van der Waals surface area contributed by atoms with Crippen LogP contribution in [0.25, 0.3) is 0 Å². The second-order valence-corrected chi connectivity index (χ2v) is 5.28. The molecule has 0 radical (unpaired) electrons. The summed E-state index contributed by atoms with van der Waals surface area (Å²) >= 11 is 0. The van der Waals surface area contributed by atoms with Crippen LogP contribution >= 0.6 is 0 Å². The van der Waals surface area contributed by atoms with E-state index in [9.17, 15) is 9.59 Å². The number of H-pyrrole nitrogens is 1. The lowest BCUT2D eigenvalue weighted by Crippen LogP contribution is -2.43. The minimum Gasteiger partial charge on any atom is -0.366 e. The highest BCUT2D eigenvalue weighted by Gasteiger charge is 2.29. The predicted octanol–water partition coefficient (Wildman–Crippen LogP) is -0.325. The molecule has 1 aliphatic rings. The number of carbonyl (C=O) groups is 1. The van der Waals surface area contributed by atoms with Gasteiger partial charge in [-0.05, 0) is 6.07 Å². The zero-order valence-corrected chi connectivity index (χ0v) is 13.0. The number of aromatic nitrogens is 5. The zero-order valence-electron chi connectivity index (χ0n) is 13.0. The second-order valence-electron chi connectivity index (χ2n) is 5.28. The van der Waals surface area contributed by atoms with Gasteiger partial charge in [-0.3, -0.25) is 14.7 Å². The van der Waals surface area contributed by atoms with Crippen LogP contribution in [0.5, 0.6) is 0 Å². The minimum absolute atomic E-state index is 0.233. The number of ether oxygens (including phenoxy) is 1. The van der Waals surface area contributed by atoms with E-state index in [-0.39, 0.29) is 23.3 Å². The Kier molecular flexibility index (Phi) is 4.20. The molecule has 1 saturated heterocycles. The molecule has 1 amide bonds. The third-order valence-corrected chi connectivity index (χ3v) is 3.71. The van der Waals surface area contributed by atoms with E-state index in [1.165, 1.54) is 19.2 Å². The average Bonchev–Trinajstić information content (AvgIpc) is 3.06. The minimum atomic E-state index is -0.364. The summed E-state index contributed by atoms with van der Waals surface area (Å²) in [5, 5.41) is 11.0. The zero-order chi connectivity index (χ0) is 16.4. The van der Waals surface area contributed by atoms with Crippen molar-refractivity contribution >= 4 is 5.91 Å². The Hall–Kier alpha value is -2.55. The van der Waals surface area contributed by atoms with Crippen LogP contribution in [0.3, 0.4) is 0 Å². The largest absolute Gasteiger partial charge is 0.366 e. The summed E-state index contributed by atoms with van der Waals surface area (Å²) in [5.41, 5.74) is -0.0220. The molecule has 9 heteroatoms. The van der Waals surface area contributed by atoms with Crippen LogP contribution < -0.4 is 5.56 Å². The van der Waals surface area contributed by atoms with Crippen LogP contribution in [0.15, 0.2) is 16.9 Å². The molecular weight excluding hydrogens is 300 g/mol. The Morgan fingerprint density at radius 3 is 3.00 bits per heavy atom. The number of carbonyl (C=O) groups excluding carboxylic acids is 1. The molecule has 1 atom stereocenters. The van der Waals surface area contributed by atoms with Crippen LogP contribution in [0.4, 0.5) is 0 Å². The third kappa shape index (κ3) is 3.14. The van der Waals surface area contributed by atoms with E-state index in [1.54, 1.807) is 4.90 Å². The molecule has 2 aromatic rings. The average molecular weight is 318 g/mol. The van der Waals surface area contributed by atoms with Crippen molar-refractivity contribution in [3.8, 4) is 0 Å². The molecule has 2 aromatic heterocycles. The summed E-state index contributed by atoms with van der Waals surface area (Å²) in [5.74, 6) is 1.10. The van der Waals surface area contributed by atoms with Gasteiger partial charge in [0.15, 0.2) is 5.82 Å². The van der Waals surface area contributed by atoms with Gasteiger partial charge in [-0.15, -0.1) is 0 Å². The molecule has 0 aliphatic carbocycles. The monoisotopic (exact) mass is 318 g/mol. The number of hydrogen-bond donors (Lipinski definition) is 1. The lowest BCUT2D eigenvalue weighted by atomic mass is 10.2. The summed E-state index contributed by atoms with van der Waals surface area (Å²) in [6.07, 6.45) is 0.390. The van der Waals surface area contributed by atoms with Crippen molar-refractivity contribution in [3.05, 3.63) is 39.8 Å². The van der Waals surface area contributed by atoms with Gasteiger partial charge in [-0.2, -0.15) is 10.2 Å². The number of aromatic amines is 1. The first-order chi connectivity index (χ1) is 11.1. The normalized spacial score (nSPS) is 18.2. The maximum Gasteiger partial charge on any atom is 0.274 e. The van der Waals surface area contributed by atoms with E-state index in [1.807, 2.05) is 6.92 Å². The summed E-state index contributed by atoms with van der Waals surface area (Å²) in [6, 6.07) is 2.78. The maximum absolute atomic E-state index is 12.5. The Morgan fingerprint density at radius 1 is 1.48 bits per heavy atom. The molecule has 1 N–H and O–H groups in total. The third-order valence-electron chi connectivity index (χ3n) is 3.71. The number of hydrogen-bond acceptors (Lipinski definition) is 6. The molecule has 3 rings (SSSR count). The van der Waals surface area contributed by atoms with Crippen molar-refractivity contribution in [3.63, 3.8) is 0 Å². The van der Waals surface area contributed by atoms with Gasteiger partial charge in [0.05, 0.1) is 13.2 Å². The Bertz CT molecular complexity index is 768. The molecular formula is C14H18N6O3. The topological polar surface area (TPSA) is 106 Å². The van der Waals surface area contributed by atoms with E-state index >= 15 is 0 Å². The van der Waals surface area contributed by atoms with Crippen LogP contribution in [0.1, 0.15) is 35.2 Å². The Balaban J connectivity index is 1.76. The number of morpholine rings is 1. The van der Waals surface area contributed by atoms with Crippen molar-refractivity contribution in [2.24, 2.45) is 7.05 Å². The molecule has 1 fully saturated rings. The van der Waals surface area contributed by atoms with Gasteiger partial charge in [0.25, 0.3) is 11.5 Å². The quantitative estimate of drug-likeness (QED) is 0.831. The molecule has 0 aromatic carbocycles. The molecule has 0 bridgehead atoms. The maximum atomic E-state index is 12.5. The van der Waals surface area contributed by atoms with E-state index < -0.39 is 0 Å². The van der Waals surface area contributed by atoms with Gasteiger partial charge < -0.3 is 9.64 Å². The fourth-order valence-corrected chi connectivity index (χ4v) is 2.38. The van der Waals surface area contributed by atoms with Gasteiger partial charge in [0.2, 0.25) is 0 Å². The molecule has 0 saturated carbocycles. The van der Waals surface area contributed by atoms with Crippen molar-refractivity contribution in [2.75, 3.05) is 19.7 Å². The first-order valence-electron chi connectivity index (χ1n) is 7.45. The first-order valence-corrected chi connectivity index (χ1v) is 7.45. The summed E-state index contributed by atoms with van der Waals surface area (Å²) in [6.45, 7) is 3.20. The van der Waals surface area contributed by atoms with Gasteiger partial charge in [0, 0.05) is 26.1 Å². The van der Waals surface area contributed by atoms with Gasteiger partial charge in [0.1, 0.15) is 17.6 Å². The summed E-state index contributed by atoms with van der Waals surface area (Å²) < 4.78 is 6.81. The molecule has 0 spiro atoms. The highest BCUT2D eigenvalue weighted by atomic mass is 16.5. The van der Waals surface area contributed by atoms with Crippen LogP contribution in [-0.4, -0.2) is 55.5 Å². The van der Waals surface area contributed by atoms with Gasteiger partial charge in [-0.25, -0.2) is 9.67 Å². The number of nitrogens with one attached hydrogen (secondary N) is 1. The molecule has 23 heavy (non-hydrogen) atoms. The predicted molar refractivity (Wildman–Crippen MR) is 79.8 cm³/mol. The van der Waals surface area contributed by atoms with E-state index in [0.717, 1.165) is 16.9 Å². The SMILES string of the molecule is CCc1nc([C@@H]2CN(C(=O)c3ccc(=O)n(C)n3)CCO2)n[nH]1. The highest BCUT2D eigenvalue weighted by molar-refractivity contribution is 5.92. The first kappa shape index (κ1) is 15.3. The number of amides is 1. The van der Waals surface area contributed by atoms with Gasteiger partial charge in [-0.1, -0.05) is 6.92 Å². The number of nitrogens with zero attached hydrogens (tertiary/aromatic N) is 5. The standard InChI is InChI=1S/C14H18N6O3/c1-3-11-15-13(17-16-11)10-8-20(6-7-23-10)14(22)9-4-5-12(21)19(2)18-9/h4-5,10H,3,6-8H2,1-2H3,(H,15,16,17)/t10-/m0/s1. The van der Waals surface area contributed by atoms with E-state index in [2.05, 4.69) is 20.3 Å². The Morgan fingerprint density at radius 2 is 2.30 bits per heavy atom. The summed E-state index contributed by atoms with van der Waals surface area (Å²) in [4.78, 5) is 29.9. The smallest absolute Gasteiger partial charge is 0.274 e. The molecule has 0 unspecified atom stereocenters. The van der Waals surface area contributed by atoms with Crippen LogP contribution in [0.2, 0.25) is 0 Å². The molecule has 3 heterocycles. The fourth-order valence-electron chi connectivity index (χ4n) is 2.38. The van der Waals surface area contributed by atoms with E-state index in [4.69, 9.17) is 4.74 Å². The highest BCUT2D eigenvalue weighted by Crippen LogP contribution is 2.20.